The predicted molar refractivity (Wildman–Crippen MR) is 93.0 cm³/mol. The Morgan fingerprint density at radius 3 is 2.58 bits per heavy atom. The summed E-state index contributed by atoms with van der Waals surface area (Å²) in [5.74, 6) is -0.0959. The number of esters is 1. The van der Waals surface area contributed by atoms with Gasteiger partial charge in [0.1, 0.15) is 0 Å². The molecule has 2 aromatic carbocycles. The summed E-state index contributed by atoms with van der Waals surface area (Å²) in [6.45, 7) is 2.97. The third-order valence-corrected chi connectivity index (χ3v) is 4.18. The zero-order valence-corrected chi connectivity index (χ0v) is 13.8. The zero-order chi connectivity index (χ0) is 16.9. The quantitative estimate of drug-likeness (QED) is 0.761. The molecular weight excluding hydrogens is 302 g/mol. The number of hydrogen-bond acceptors (Lipinski definition) is 3. The lowest BCUT2D eigenvalue weighted by atomic mass is 10.1. The molecule has 0 aliphatic carbocycles. The number of carbonyl (C=O) groups is 2. The van der Waals surface area contributed by atoms with E-state index in [0.29, 0.717) is 26.0 Å². The Kier molecular flexibility index (Phi) is 4.94. The predicted octanol–water partition coefficient (Wildman–Crippen LogP) is 3.73. The van der Waals surface area contributed by atoms with Gasteiger partial charge in [-0.1, -0.05) is 37.3 Å². The molecule has 1 aliphatic heterocycles. The fourth-order valence-electron chi connectivity index (χ4n) is 2.86. The third-order valence-electron chi connectivity index (χ3n) is 4.18. The molecule has 1 heterocycles. The van der Waals surface area contributed by atoms with E-state index in [2.05, 4.69) is 0 Å². The molecular formula is C20H21NO3. The Labute approximate surface area is 142 Å². The van der Waals surface area contributed by atoms with Crippen LogP contribution in [0.2, 0.25) is 0 Å². The molecule has 0 saturated carbocycles. The average Bonchev–Trinajstić information content (AvgIpc) is 2.93. The van der Waals surface area contributed by atoms with Gasteiger partial charge in [0.25, 0.3) is 5.91 Å². The number of carbonyl (C=O) groups excluding carboxylic acids is 2. The number of nitrogens with zero attached hydrogens (tertiary/aromatic N) is 1. The van der Waals surface area contributed by atoms with Gasteiger partial charge >= 0.3 is 5.97 Å². The van der Waals surface area contributed by atoms with Gasteiger partial charge in [0.2, 0.25) is 0 Å². The standard InChI is InChI=1S/C20H21NO3/c1-2-5-19(22)24-13-12-15-8-10-17(11-9-15)21-14-16-6-3-4-7-18(16)20(21)23/h3-4,6-11H,2,5,12-14H2,1H3. The van der Waals surface area contributed by atoms with Crippen LogP contribution in [0.1, 0.15) is 41.3 Å². The normalized spacial score (nSPS) is 13.0. The topological polar surface area (TPSA) is 46.6 Å². The van der Waals surface area contributed by atoms with E-state index in [4.69, 9.17) is 4.74 Å². The van der Waals surface area contributed by atoms with Gasteiger partial charge in [0.15, 0.2) is 0 Å². The Hall–Kier alpha value is -2.62. The molecule has 3 rings (SSSR count). The summed E-state index contributed by atoms with van der Waals surface area (Å²) in [4.78, 5) is 25.6. The van der Waals surface area contributed by atoms with E-state index >= 15 is 0 Å². The van der Waals surface area contributed by atoms with Gasteiger partial charge in [0, 0.05) is 24.1 Å². The maximum atomic E-state index is 12.5. The fraction of sp³-hybridized carbons (Fsp3) is 0.300. The third kappa shape index (κ3) is 3.48. The summed E-state index contributed by atoms with van der Waals surface area (Å²) < 4.78 is 5.17. The summed E-state index contributed by atoms with van der Waals surface area (Å²) in [5.41, 5.74) is 3.83. The van der Waals surface area contributed by atoms with Crippen LogP contribution in [-0.4, -0.2) is 18.5 Å². The average molecular weight is 323 g/mol. The first-order valence-corrected chi connectivity index (χ1v) is 8.33. The van der Waals surface area contributed by atoms with Crippen LogP contribution in [0.3, 0.4) is 0 Å². The van der Waals surface area contributed by atoms with E-state index in [1.165, 1.54) is 0 Å². The minimum atomic E-state index is -0.144. The highest BCUT2D eigenvalue weighted by Gasteiger charge is 2.27. The first-order chi connectivity index (χ1) is 11.7. The number of rotatable bonds is 6. The molecule has 0 spiro atoms. The number of amides is 1. The molecule has 0 fully saturated rings. The molecule has 24 heavy (non-hydrogen) atoms. The monoisotopic (exact) mass is 323 g/mol. The molecule has 0 atom stereocenters. The SMILES string of the molecule is CCCC(=O)OCCc1ccc(N2Cc3ccccc3C2=O)cc1. The van der Waals surface area contributed by atoms with E-state index < -0.39 is 0 Å². The van der Waals surface area contributed by atoms with Gasteiger partial charge in [-0.25, -0.2) is 0 Å². The highest BCUT2D eigenvalue weighted by atomic mass is 16.5. The summed E-state index contributed by atoms with van der Waals surface area (Å²) in [7, 11) is 0. The van der Waals surface area contributed by atoms with E-state index in [0.717, 1.165) is 28.8 Å². The van der Waals surface area contributed by atoms with Crippen molar-refractivity contribution in [2.45, 2.75) is 32.7 Å². The van der Waals surface area contributed by atoms with Crippen LogP contribution in [-0.2, 0) is 22.5 Å². The molecule has 0 radical (unpaired) electrons. The van der Waals surface area contributed by atoms with Crippen LogP contribution in [0.15, 0.2) is 48.5 Å². The lowest BCUT2D eigenvalue weighted by Crippen LogP contribution is -2.22. The smallest absolute Gasteiger partial charge is 0.305 e. The van der Waals surface area contributed by atoms with Gasteiger partial charge in [-0.15, -0.1) is 0 Å². The van der Waals surface area contributed by atoms with Crippen molar-refractivity contribution in [3.05, 3.63) is 65.2 Å². The summed E-state index contributed by atoms with van der Waals surface area (Å²) in [6, 6.07) is 15.6. The minimum Gasteiger partial charge on any atom is -0.465 e. The fourth-order valence-corrected chi connectivity index (χ4v) is 2.86. The lowest BCUT2D eigenvalue weighted by molar-refractivity contribution is -0.143. The Morgan fingerprint density at radius 1 is 1.12 bits per heavy atom. The van der Waals surface area contributed by atoms with E-state index in [1.54, 1.807) is 4.90 Å². The Morgan fingerprint density at radius 2 is 1.88 bits per heavy atom. The summed E-state index contributed by atoms with van der Waals surface area (Å²) >= 11 is 0. The Bertz CT molecular complexity index is 737. The van der Waals surface area contributed by atoms with E-state index in [9.17, 15) is 9.59 Å². The van der Waals surface area contributed by atoms with Crippen LogP contribution < -0.4 is 4.90 Å². The van der Waals surface area contributed by atoms with Crippen molar-refractivity contribution >= 4 is 17.6 Å². The molecule has 0 unspecified atom stereocenters. The molecule has 0 bridgehead atoms. The number of benzene rings is 2. The van der Waals surface area contributed by atoms with Gasteiger partial charge in [0.05, 0.1) is 13.2 Å². The second-order valence-corrected chi connectivity index (χ2v) is 5.94. The molecule has 2 aromatic rings. The van der Waals surface area contributed by atoms with Crippen molar-refractivity contribution in [2.75, 3.05) is 11.5 Å². The molecule has 1 amide bonds. The molecule has 1 aliphatic rings. The Balaban J connectivity index is 1.60. The van der Waals surface area contributed by atoms with Crippen LogP contribution in [0.25, 0.3) is 0 Å². The molecule has 4 heteroatoms. The van der Waals surface area contributed by atoms with Crippen molar-refractivity contribution in [1.29, 1.82) is 0 Å². The van der Waals surface area contributed by atoms with E-state index in [-0.39, 0.29) is 11.9 Å². The lowest BCUT2D eigenvalue weighted by Gasteiger charge is -2.16. The molecule has 0 saturated heterocycles. The van der Waals surface area contributed by atoms with Crippen LogP contribution in [0.5, 0.6) is 0 Å². The summed E-state index contributed by atoms with van der Waals surface area (Å²) in [5, 5.41) is 0. The first kappa shape index (κ1) is 16.2. The minimum absolute atomic E-state index is 0.0480. The number of hydrogen-bond donors (Lipinski definition) is 0. The van der Waals surface area contributed by atoms with Crippen molar-refractivity contribution in [1.82, 2.24) is 0 Å². The maximum Gasteiger partial charge on any atom is 0.305 e. The van der Waals surface area contributed by atoms with Crippen molar-refractivity contribution in [2.24, 2.45) is 0 Å². The van der Waals surface area contributed by atoms with Gasteiger partial charge in [-0.2, -0.15) is 0 Å². The zero-order valence-electron chi connectivity index (χ0n) is 13.8. The van der Waals surface area contributed by atoms with E-state index in [1.807, 2.05) is 55.5 Å². The first-order valence-electron chi connectivity index (χ1n) is 8.33. The van der Waals surface area contributed by atoms with Crippen LogP contribution in [0, 0.1) is 0 Å². The second-order valence-electron chi connectivity index (χ2n) is 5.94. The largest absolute Gasteiger partial charge is 0.465 e. The highest BCUT2D eigenvalue weighted by molar-refractivity contribution is 6.09. The van der Waals surface area contributed by atoms with Crippen molar-refractivity contribution < 1.29 is 14.3 Å². The van der Waals surface area contributed by atoms with Crippen molar-refractivity contribution in [3.8, 4) is 0 Å². The van der Waals surface area contributed by atoms with Gasteiger partial charge in [-0.05, 0) is 35.7 Å². The molecule has 4 nitrogen and oxygen atoms in total. The number of anilines is 1. The van der Waals surface area contributed by atoms with Gasteiger partial charge in [-0.3, -0.25) is 9.59 Å². The van der Waals surface area contributed by atoms with Crippen LogP contribution >= 0.6 is 0 Å². The molecule has 0 N–H and O–H groups in total. The maximum absolute atomic E-state index is 12.5. The number of ether oxygens (including phenoxy) is 1. The molecule has 124 valence electrons. The second kappa shape index (κ2) is 7.30. The van der Waals surface area contributed by atoms with Gasteiger partial charge < -0.3 is 9.64 Å². The highest BCUT2D eigenvalue weighted by Crippen LogP contribution is 2.28. The molecule has 0 aromatic heterocycles. The van der Waals surface area contributed by atoms with Crippen molar-refractivity contribution in [3.63, 3.8) is 0 Å². The number of fused-ring (bicyclic) bond motifs is 1. The van der Waals surface area contributed by atoms with Crippen LogP contribution in [0.4, 0.5) is 5.69 Å². The summed E-state index contributed by atoms with van der Waals surface area (Å²) in [6.07, 6.45) is 1.96.